The molecular weight excluding hydrogens is 365 g/mol. The monoisotopic (exact) mass is 373 g/mol. The summed E-state index contributed by atoms with van der Waals surface area (Å²) in [5, 5.41) is 3.56. The van der Waals surface area contributed by atoms with E-state index in [1.165, 1.54) is 0 Å². The molecule has 6 heteroatoms. The van der Waals surface area contributed by atoms with E-state index >= 15 is 0 Å². The molecule has 3 nitrogen and oxygen atoms in total. The number of para-hydroxylation sites is 1. The van der Waals surface area contributed by atoms with Crippen LogP contribution in [-0.2, 0) is 4.79 Å². The summed E-state index contributed by atoms with van der Waals surface area (Å²) in [6, 6.07) is 12.1. The Kier molecular flexibility index (Phi) is 5.29. The van der Waals surface area contributed by atoms with E-state index in [2.05, 4.69) is 21.2 Å². The molecule has 2 aromatic carbocycles. The predicted octanol–water partition coefficient (Wildman–Crippen LogP) is 4.77. The van der Waals surface area contributed by atoms with Crippen LogP contribution in [0.1, 0.15) is 0 Å². The lowest BCUT2D eigenvalue weighted by Gasteiger charge is -2.10. The summed E-state index contributed by atoms with van der Waals surface area (Å²) in [6.07, 6.45) is 0. The second-order valence-corrected chi connectivity index (χ2v) is 5.59. The number of ether oxygens (including phenoxy) is 1. The molecule has 1 amide bonds. The van der Waals surface area contributed by atoms with Crippen molar-refractivity contribution >= 4 is 50.7 Å². The molecular formula is C14H10BrCl2NO2. The third-order valence-electron chi connectivity index (χ3n) is 2.40. The highest BCUT2D eigenvalue weighted by molar-refractivity contribution is 9.10. The quantitative estimate of drug-likeness (QED) is 0.836. The van der Waals surface area contributed by atoms with E-state index in [1.54, 1.807) is 24.3 Å². The Morgan fingerprint density at radius 3 is 2.70 bits per heavy atom. The molecule has 20 heavy (non-hydrogen) atoms. The molecule has 0 saturated carbocycles. The Hall–Kier alpha value is -1.23. The number of carbonyl (C=O) groups is 1. The van der Waals surface area contributed by atoms with E-state index in [9.17, 15) is 4.79 Å². The number of anilines is 1. The van der Waals surface area contributed by atoms with Crippen LogP contribution in [0.2, 0.25) is 10.0 Å². The Balaban J connectivity index is 1.96. The second-order valence-electron chi connectivity index (χ2n) is 3.89. The zero-order chi connectivity index (χ0) is 14.5. The molecule has 0 aliphatic carbocycles. The Morgan fingerprint density at radius 2 is 1.95 bits per heavy atom. The first-order chi connectivity index (χ1) is 9.56. The van der Waals surface area contributed by atoms with Crippen LogP contribution in [0, 0.1) is 0 Å². The van der Waals surface area contributed by atoms with E-state index in [0.29, 0.717) is 21.5 Å². The standard InChI is InChI=1S/C14H10BrCl2NO2/c15-10-3-1-2-4-13(10)20-8-14(19)18-12-7-9(16)5-6-11(12)17/h1-7H,8H2,(H,18,19). The minimum absolute atomic E-state index is 0.120. The van der Waals surface area contributed by atoms with Crippen LogP contribution in [-0.4, -0.2) is 12.5 Å². The van der Waals surface area contributed by atoms with Crippen molar-refractivity contribution in [2.24, 2.45) is 0 Å². The van der Waals surface area contributed by atoms with E-state index in [0.717, 1.165) is 4.47 Å². The lowest BCUT2D eigenvalue weighted by molar-refractivity contribution is -0.118. The number of benzene rings is 2. The predicted molar refractivity (Wildman–Crippen MR) is 84.7 cm³/mol. The summed E-state index contributed by atoms with van der Waals surface area (Å²) in [5.74, 6) is 0.282. The fourth-order valence-electron chi connectivity index (χ4n) is 1.48. The van der Waals surface area contributed by atoms with Crippen molar-refractivity contribution in [3.63, 3.8) is 0 Å². The van der Waals surface area contributed by atoms with E-state index in [4.69, 9.17) is 27.9 Å². The molecule has 2 aromatic rings. The Bertz CT molecular complexity index is 634. The smallest absolute Gasteiger partial charge is 0.262 e. The molecule has 0 saturated heterocycles. The molecule has 104 valence electrons. The lowest BCUT2D eigenvalue weighted by Crippen LogP contribution is -2.20. The summed E-state index contributed by atoms with van der Waals surface area (Å²) in [4.78, 5) is 11.8. The third-order valence-corrected chi connectivity index (χ3v) is 3.62. The van der Waals surface area contributed by atoms with Crippen LogP contribution in [0.4, 0.5) is 5.69 Å². The molecule has 1 N–H and O–H groups in total. The first-order valence-corrected chi connectivity index (χ1v) is 7.23. The van der Waals surface area contributed by atoms with Crippen molar-refractivity contribution in [1.82, 2.24) is 0 Å². The van der Waals surface area contributed by atoms with Gasteiger partial charge in [0.25, 0.3) is 5.91 Å². The summed E-state index contributed by atoms with van der Waals surface area (Å²) < 4.78 is 6.19. The van der Waals surface area contributed by atoms with Crippen molar-refractivity contribution in [3.05, 3.63) is 57.0 Å². The van der Waals surface area contributed by atoms with Gasteiger partial charge in [-0.05, 0) is 46.3 Å². The van der Waals surface area contributed by atoms with Crippen molar-refractivity contribution in [3.8, 4) is 5.75 Å². The fourth-order valence-corrected chi connectivity index (χ4v) is 2.22. The first kappa shape index (κ1) is 15.2. The Labute approximate surface area is 135 Å². The van der Waals surface area contributed by atoms with Gasteiger partial charge in [-0.2, -0.15) is 0 Å². The van der Waals surface area contributed by atoms with Crippen LogP contribution in [0.15, 0.2) is 46.9 Å². The summed E-state index contributed by atoms with van der Waals surface area (Å²) >= 11 is 15.1. The molecule has 0 heterocycles. The maximum absolute atomic E-state index is 11.8. The molecule has 0 bridgehead atoms. The molecule has 0 unspecified atom stereocenters. The number of rotatable bonds is 4. The topological polar surface area (TPSA) is 38.3 Å². The fraction of sp³-hybridized carbons (Fsp3) is 0.0714. The van der Waals surface area contributed by atoms with Crippen molar-refractivity contribution < 1.29 is 9.53 Å². The van der Waals surface area contributed by atoms with Gasteiger partial charge >= 0.3 is 0 Å². The SMILES string of the molecule is O=C(COc1ccccc1Br)Nc1cc(Cl)ccc1Cl. The van der Waals surface area contributed by atoms with Gasteiger partial charge in [0.2, 0.25) is 0 Å². The normalized spacial score (nSPS) is 10.2. The zero-order valence-electron chi connectivity index (χ0n) is 10.2. The van der Waals surface area contributed by atoms with Crippen LogP contribution >= 0.6 is 39.1 Å². The number of halogens is 3. The molecule has 0 radical (unpaired) electrons. The van der Waals surface area contributed by atoms with Crippen molar-refractivity contribution in [2.75, 3.05) is 11.9 Å². The van der Waals surface area contributed by atoms with Gasteiger partial charge in [0.05, 0.1) is 15.2 Å². The minimum atomic E-state index is -0.315. The molecule has 2 rings (SSSR count). The van der Waals surface area contributed by atoms with Crippen molar-refractivity contribution in [1.29, 1.82) is 0 Å². The van der Waals surface area contributed by atoms with Gasteiger partial charge in [0, 0.05) is 5.02 Å². The molecule has 0 aliphatic rings. The Morgan fingerprint density at radius 1 is 1.20 bits per heavy atom. The van der Waals surface area contributed by atoms with Crippen LogP contribution in [0.25, 0.3) is 0 Å². The largest absolute Gasteiger partial charge is 0.483 e. The summed E-state index contributed by atoms with van der Waals surface area (Å²) in [5.41, 5.74) is 0.458. The van der Waals surface area contributed by atoms with Crippen LogP contribution < -0.4 is 10.1 Å². The minimum Gasteiger partial charge on any atom is -0.483 e. The average molecular weight is 375 g/mol. The molecule has 0 aromatic heterocycles. The first-order valence-electron chi connectivity index (χ1n) is 5.68. The maximum Gasteiger partial charge on any atom is 0.262 e. The van der Waals surface area contributed by atoms with Crippen LogP contribution in [0.5, 0.6) is 5.75 Å². The highest BCUT2D eigenvalue weighted by Crippen LogP contribution is 2.26. The van der Waals surface area contributed by atoms with Gasteiger partial charge in [0.15, 0.2) is 6.61 Å². The van der Waals surface area contributed by atoms with Gasteiger partial charge in [-0.25, -0.2) is 0 Å². The number of hydrogen-bond donors (Lipinski definition) is 1. The van der Waals surface area contributed by atoms with Gasteiger partial charge < -0.3 is 10.1 Å². The van der Waals surface area contributed by atoms with Gasteiger partial charge in [-0.15, -0.1) is 0 Å². The number of nitrogens with one attached hydrogen (secondary N) is 1. The van der Waals surface area contributed by atoms with Gasteiger partial charge in [0.1, 0.15) is 5.75 Å². The highest BCUT2D eigenvalue weighted by Gasteiger charge is 2.08. The van der Waals surface area contributed by atoms with E-state index in [1.807, 2.05) is 18.2 Å². The van der Waals surface area contributed by atoms with Gasteiger partial charge in [-0.3, -0.25) is 4.79 Å². The highest BCUT2D eigenvalue weighted by atomic mass is 79.9. The van der Waals surface area contributed by atoms with E-state index < -0.39 is 0 Å². The lowest BCUT2D eigenvalue weighted by atomic mass is 10.3. The summed E-state index contributed by atoms with van der Waals surface area (Å²) in [7, 11) is 0. The summed E-state index contributed by atoms with van der Waals surface area (Å²) in [6.45, 7) is -0.120. The van der Waals surface area contributed by atoms with E-state index in [-0.39, 0.29) is 12.5 Å². The maximum atomic E-state index is 11.8. The molecule has 0 aliphatic heterocycles. The third kappa shape index (κ3) is 4.13. The average Bonchev–Trinajstić information content (AvgIpc) is 2.42. The van der Waals surface area contributed by atoms with Gasteiger partial charge in [-0.1, -0.05) is 35.3 Å². The number of hydrogen-bond acceptors (Lipinski definition) is 2. The number of amides is 1. The number of carbonyl (C=O) groups excluding carboxylic acids is 1. The molecule has 0 atom stereocenters. The zero-order valence-corrected chi connectivity index (χ0v) is 13.3. The van der Waals surface area contributed by atoms with Crippen molar-refractivity contribution in [2.45, 2.75) is 0 Å². The molecule has 0 fully saturated rings. The second kappa shape index (κ2) is 6.97. The van der Waals surface area contributed by atoms with Crippen LogP contribution in [0.3, 0.4) is 0 Å². The molecule has 0 spiro atoms.